The SMILES string of the molecule is CNC(=O)C(=O)NC[C@H](c1ccco1)[NH+]1CCN(c2ccc(OC)cc2)CC1. The molecule has 0 spiro atoms. The molecule has 1 aliphatic rings. The number of likely N-dealkylation sites (N-methyl/N-ethyl adjacent to an activating group) is 1. The van der Waals surface area contributed by atoms with Gasteiger partial charge in [-0.3, -0.25) is 9.59 Å². The van der Waals surface area contributed by atoms with Crippen LogP contribution in [0.5, 0.6) is 5.75 Å². The van der Waals surface area contributed by atoms with Gasteiger partial charge in [0.05, 0.1) is 46.1 Å². The van der Waals surface area contributed by atoms with Gasteiger partial charge in [0.2, 0.25) is 0 Å². The monoisotopic (exact) mass is 387 g/mol. The molecule has 1 aromatic heterocycles. The molecule has 8 heteroatoms. The molecular weight excluding hydrogens is 360 g/mol. The van der Waals surface area contributed by atoms with Crippen LogP contribution in [-0.4, -0.2) is 58.7 Å². The third kappa shape index (κ3) is 4.64. The van der Waals surface area contributed by atoms with Crippen molar-refractivity contribution >= 4 is 17.5 Å². The van der Waals surface area contributed by atoms with Gasteiger partial charge in [-0.2, -0.15) is 0 Å². The van der Waals surface area contributed by atoms with Gasteiger partial charge in [0, 0.05) is 12.7 Å². The first kappa shape index (κ1) is 19.8. The summed E-state index contributed by atoms with van der Waals surface area (Å²) in [5.41, 5.74) is 1.17. The summed E-state index contributed by atoms with van der Waals surface area (Å²) in [6, 6.07) is 11.8. The van der Waals surface area contributed by atoms with Gasteiger partial charge in [-0.15, -0.1) is 0 Å². The molecule has 0 bridgehead atoms. The zero-order valence-corrected chi connectivity index (χ0v) is 16.2. The number of carbonyl (C=O) groups excluding carboxylic acids is 2. The van der Waals surface area contributed by atoms with E-state index in [9.17, 15) is 9.59 Å². The minimum atomic E-state index is -0.641. The molecule has 1 atom stereocenters. The van der Waals surface area contributed by atoms with Crippen molar-refractivity contribution in [2.75, 3.05) is 51.8 Å². The molecule has 3 N–H and O–H groups in total. The Labute approximate surface area is 164 Å². The summed E-state index contributed by atoms with van der Waals surface area (Å²) in [6.07, 6.45) is 1.63. The highest BCUT2D eigenvalue weighted by atomic mass is 16.5. The molecule has 2 heterocycles. The van der Waals surface area contributed by atoms with E-state index in [1.54, 1.807) is 13.4 Å². The molecule has 2 amide bonds. The lowest BCUT2D eigenvalue weighted by molar-refractivity contribution is -0.932. The van der Waals surface area contributed by atoms with Gasteiger partial charge in [0.25, 0.3) is 0 Å². The van der Waals surface area contributed by atoms with Crippen molar-refractivity contribution < 1.29 is 23.6 Å². The number of benzene rings is 1. The Morgan fingerprint density at radius 1 is 1.18 bits per heavy atom. The van der Waals surface area contributed by atoms with Gasteiger partial charge in [-0.25, -0.2) is 0 Å². The molecule has 1 aromatic carbocycles. The predicted octanol–water partition coefficient (Wildman–Crippen LogP) is -0.403. The van der Waals surface area contributed by atoms with E-state index in [1.807, 2.05) is 24.3 Å². The maximum absolute atomic E-state index is 11.8. The second-order valence-electron chi connectivity index (χ2n) is 6.70. The Hall–Kier alpha value is -3.00. The average Bonchev–Trinajstić information content (AvgIpc) is 3.28. The summed E-state index contributed by atoms with van der Waals surface area (Å²) < 4.78 is 10.8. The average molecular weight is 387 g/mol. The van der Waals surface area contributed by atoms with Gasteiger partial charge in [0.15, 0.2) is 11.8 Å². The topological polar surface area (TPSA) is 88.2 Å². The maximum Gasteiger partial charge on any atom is 0.309 e. The minimum Gasteiger partial charge on any atom is -0.497 e. The van der Waals surface area contributed by atoms with Gasteiger partial charge in [-0.1, -0.05) is 0 Å². The van der Waals surface area contributed by atoms with Gasteiger partial charge in [-0.05, 0) is 36.4 Å². The summed E-state index contributed by atoms with van der Waals surface area (Å²) in [6.45, 7) is 3.92. The molecule has 8 nitrogen and oxygen atoms in total. The van der Waals surface area contributed by atoms with E-state index in [4.69, 9.17) is 9.15 Å². The predicted molar refractivity (Wildman–Crippen MR) is 104 cm³/mol. The van der Waals surface area contributed by atoms with E-state index in [0.29, 0.717) is 6.54 Å². The van der Waals surface area contributed by atoms with Gasteiger partial charge < -0.3 is 29.6 Å². The quantitative estimate of drug-likeness (QED) is 0.587. The summed E-state index contributed by atoms with van der Waals surface area (Å²) >= 11 is 0. The number of rotatable bonds is 6. The van der Waals surface area contributed by atoms with Crippen molar-refractivity contribution in [2.45, 2.75) is 6.04 Å². The number of anilines is 1. The largest absolute Gasteiger partial charge is 0.497 e. The fourth-order valence-corrected chi connectivity index (χ4v) is 3.52. The van der Waals surface area contributed by atoms with Crippen molar-refractivity contribution in [3.63, 3.8) is 0 Å². The van der Waals surface area contributed by atoms with E-state index in [-0.39, 0.29) is 6.04 Å². The van der Waals surface area contributed by atoms with Crippen LogP contribution in [0.2, 0.25) is 0 Å². The van der Waals surface area contributed by atoms with Crippen LogP contribution in [0.3, 0.4) is 0 Å². The van der Waals surface area contributed by atoms with Crippen LogP contribution < -0.4 is 25.2 Å². The van der Waals surface area contributed by atoms with E-state index >= 15 is 0 Å². The number of carbonyl (C=O) groups is 2. The Morgan fingerprint density at radius 3 is 2.46 bits per heavy atom. The normalized spacial score (nSPS) is 15.7. The molecule has 0 saturated carbocycles. The molecule has 0 aliphatic carbocycles. The number of hydrogen-bond donors (Lipinski definition) is 3. The van der Waals surface area contributed by atoms with Crippen molar-refractivity contribution in [2.24, 2.45) is 0 Å². The van der Waals surface area contributed by atoms with Gasteiger partial charge in [0.1, 0.15) is 5.75 Å². The zero-order chi connectivity index (χ0) is 19.9. The Morgan fingerprint density at radius 2 is 1.89 bits per heavy atom. The fraction of sp³-hybridized carbons (Fsp3) is 0.400. The fourth-order valence-electron chi connectivity index (χ4n) is 3.52. The molecule has 28 heavy (non-hydrogen) atoms. The zero-order valence-electron chi connectivity index (χ0n) is 16.2. The number of nitrogens with zero attached hydrogens (tertiary/aromatic N) is 1. The lowest BCUT2D eigenvalue weighted by Crippen LogP contribution is -3.15. The highest BCUT2D eigenvalue weighted by Crippen LogP contribution is 2.19. The van der Waals surface area contributed by atoms with E-state index in [0.717, 1.165) is 37.7 Å². The van der Waals surface area contributed by atoms with Crippen molar-refractivity contribution in [3.05, 3.63) is 48.4 Å². The number of nitrogens with one attached hydrogen (secondary N) is 3. The molecule has 1 saturated heterocycles. The third-order valence-corrected chi connectivity index (χ3v) is 5.12. The Bertz CT molecular complexity index is 768. The third-order valence-electron chi connectivity index (χ3n) is 5.12. The van der Waals surface area contributed by atoms with Crippen molar-refractivity contribution in [3.8, 4) is 5.75 Å². The molecule has 0 radical (unpaired) electrons. The number of hydrogen-bond acceptors (Lipinski definition) is 5. The number of methoxy groups -OCH3 is 1. The van der Waals surface area contributed by atoms with Crippen LogP contribution in [-0.2, 0) is 9.59 Å². The van der Waals surface area contributed by atoms with Crippen LogP contribution in [0.4, 0.5) is 5.69 Å². The summed E-state index contributed by atoms with van der Waals surface area (Å²) in [5.74, 6) is 0.385. The second kappa shape index (κ2) is 9.27. The molecule has 3 rings (SSSR count). The highest BCUT2D eigenvalue weighted by molar-refractivity contribution is 6.35. The number of amides is 2. The molecule has 2 aromatic rings. The lowest BCUT2D eigenvalue weighted by Gasteiger charge is -2.37. The first-order valence-corrected chi connectivity index (χ1v) is 9.39. The van der Waals surface area contributed by atoms with Crippen LogP contribution in [0.25, 0.3) is 0 Å². The van der Waals surface area contributed by atoms with E-state index in [2.05, 4.69) is 27.7 Å². The van der Waals surface area contributed by atoms with Crippen LogP contribution in [0.15, 0.2) is 47.1 Å². The first-order valence-electron chi connectivity index (χ1n) is 9.39. The van der Waals surface area contributed by atoms with E-state index in [1.165, 1.54) is 17.6 Å². The lowest BCUT2D eigenvalue weighted by atomic mass is 10.1. The summed E-state index contributed by atoms with van der Waals surface area (Å²) in [7, 11) is 3.10. The highest BCUT2D eigenvalue weighted by Gasteiger charge is 2.31. The standard InChI is InChI=1S/C20H26N4O4/c1-21-19(25)20(26)22-14-17(18-4-3-13-28-18)24-11-9-23(10-12-24)15-5-7-16(27-2)8-6-15/h3-8,13,17H,9-12,14H2,1-2H3,(H,21,25)(H,22,26)/p+1/t17-/m1/s1. The second-order valence-corrected chi connectivity index (χ2v) is 6.70. The number of ether oxygens (including phenoxy) is 1. The number of furan rings is 1. The maximum atomic E-state index is 11.8. The molecule has 1 fully saturated rings. The van der Waals surface area contributed by atoms with E-state index < -0.39 is 11.8 Å². The summed E-state index contributed by atoms with van der Waals surface area (Å²) in [5, 5.41) is 5.05. The number of piperazine rings is 1. The summed E-state index contributed by atoms with van der Waals surface area (Å²) in [4.78, 5) is 27.0. The van der Waals surface area contributed by atoms with Gasteiger partial charge >= 0.3 is 11.8 Å². The molecular formula is C20H27N4O4+. The van der Waals surface area contributed by atoms with Crippen LogP contribution in [0.1, 0.15) is 11.8 Å². The number of quaternary nitrogens is 1. The molecule has 1 aliphatic heterocycles. The molecule has 0 unspecified atom stereocenters. The minimum absolute atomic E-state index is 0.0402. The Kier molecular flexibility index (Phi) is 6.54. The van der Waals surface area contributed by atoms with Crippen LogP contribution >= 0.6 is 0 Å². The smallest absolute Gasteiger partial charge is 0.309 e. The van der Waals surface area contributed by atoms with Crippen LogP contribution in [0, 0.1) is 0 Å². The Balaban J connectivity index is 1.62. The molecule has 150 valence electrons. The van der Waals surface area contributed by atoms with Crippen molar-refractivity contribution in [1.29, 1.82) is 0 Å². The first-order chi connectivity index (χ1) is 13.6. The van der Waals surface area contributed by atoms with Crippen molar-refractivity contribution in [1.82, 2.24) is 10.6 Å².